The van der Waals surface area contributed by atoms with Gasteiger partial charge in [0.25, 0.3) is 0 Å². The number of hydrogen-bond donors (Lipinski definition) is 3. The van der Waals surface area contributed by atoms with Crippen molar-refractivity contribution in [3.05, 3.63) is 29.8 Å². The largest absolute Gasteiger partial charge is 0.392 e. The van der Waals surface area contributed by atoms with Gasteiger partial charge in [0.15, 0.2) is 0 Å². The maximum atomic E-state index is 11.8. The van der Waals surface area contributed by atoms with Crippen LogP contribution in [-0.4, -0.2) is 23.3 Å². The van der Waals surface area contributed by atoms with Crippen LogP contribution in [0.25, 0.3) is 0 Å². The molecule has 5 nitrogen and oxygen atoms in total. The van der Waals surface area contributed by atoms with Crippen LogP contribution in [0, 0.1) is 16.7 Å². The predicted molar refractivity (Wildman–Crippen MR) is 71.5 cm³/mol. The molecule has 2 rings (SSSR count). The van der Waals surface area contributed by atoms with Crippen LogP contribution in [0.5, 0.6) is 0 Å². The number of aliphatic hydroxyl groups is 1. The Bertz CT molecular complexity index is 516. The number of aliphatic hydroxyl groups excluding tert-OH is 1. The highest BCUT2D eigenvalue weighted by Gasteiger charge is 2.47. The van der Waals surface area contributed by atoms with Crippen LogP contribution in [-0.2, 0) is 0 Å². The van der Waals surface area contributed by atoms with Crippen LogP contribution >= 0.6 is 0 Å². The van der Waals surface area contributed by atoms with Gasteiger partial charge in [-0.2, -0.15) is 5.26 Å². The number of hydrogen-bond acceptors (Lipinski definition) is 3. The second kappa shape index (κ2) is 4.90. The number of rotatable bonds is 2. The highest BCUT2D eigenvalue weighted by molar-refractivity contribution is 5.89. The summed E-state index contributed by atoms with van der Waals surface area (Å²) in [5, 5.41) is 23.8. The lowest BCUT2D eigenvalue weighted by Crippen LogP contribution is -2.61. The zero-order valence-corrected chi connectivity index (χ0v) is 11.0. The van der Waals surface area contributed by atoms with Gasteiger partial charge in [-0.1, -0.05) is 13.8 Å². The molecule has 2 unspecified atom stereocenters. The van der Waals surface area contributed by atoms with E-state index in [1.54, 1.807) is 24.3 Å². The molecule has 0 radical (unpaired) electrons. The number of anilines is 1. The van der Waals surface area contributed by atoms with Gasteiger partial charge in [-0.25, -0.2) is 4.79 Å². The van der Waals surface area contributed by atoms with Gasteiger partial charge in [-0.05, 0) is 30.7 Å². The molecule has 1 saturated carbocycles. The minimum atomic E-state index is -0.368. The molecule has 0 saturated heterocycles. The number of amides is 2. The van der Waals surface area contributed by atoms with Crippen molar-refractivity contribution in [3.8, 4) is 6.07 Å². The van der Waals surface area contributed by atoms with Crippen LogP contribution < -0.4 is 10.6 Å². The van der Waals surface area contributed by atoms with E-state index >= 15 is 0 Å². The Morgan fingerprint density at radius 3 is 2.53 bits per heavy atom. The lowest BCUT2D eigenvalue weighted by molar-refractivity contribution is -0.0673. The third-order valence-electron chi connectivity index (χ3n) is 3.79. The Balaban J connectivity index is 1.90. The summed E-state index contributed by atoms with van der Waals surface area (Å²) in [4.78, 5) is 11.8. The van der Waals surface area contributed by atoms with Crippen LogP contribution in [0.2, 0.25) is 0 Å². The fourth-order valence-corrected chi connectivity index (χ4v) is 2.10. The van der Waals surface area contributed by atoms with Crippen molar-refractivity contribution in [2.45, 2.75) is 32.4 Å². The molecule has 0 bridgehead atoms. The van der Waals surface area contributed by atoms with E-state index in [-0.39, 0.29) is 23.6 Å². The quantitative estimate of drug-likeness (QED) is 0.757. The lowest BCUT2D eigenvalue weighted by atomic mass is 9.65. The number of carbonyl (C=O) groups excluding carboxylic acids is 1. The molecule has 0 spiro atoms. The number of carbonyl (C=O) groups is 1. The predicted octanol–water partition coefficient (Wildman–Crippen LogP) is 1.84. The summed E-state index contributed by atoms with van der Waals surface area (Å²) in [6.07, 6.45) is 0.209. The van der Waals surface area contributed by atoms with Crippen molar-refractivity contribution < 1.29 is 9.90 Å². The first-order valence-corrected chi connectivity index (χ1v) is 6.19. The summed E-state index contributed by atoms with van der Waals surface area (Å²) >= 11 is 0. The molecule has 0 heterocycles. The molecular weight excluding hydrogens is 242 g/mol. The lowest BCUT2D eigenvalue weighted by Gasteiger charge is -2.49. The Morgan fingerprint density at radius 2 is 2.05 bits per heavy atom. The van der Waals surface area contributed by atoms with Crippen LogP contribution in [0.15, 0.2) is 24.3 Å². The molecule has 0 aliphatic heterocycles. The van der Waals surface area contributed by atoms with Crippen molar-refractivity contribution in [2.75, 3.05) is 5.32 Å². The molecular formula is C14H17N3O2. The number of nitrogens with zero attached hydrogens (tertiary/aromatic N) is 1. The maximum absolute atomic E-state index is 11.8. The molecule has 100 valence electrons. The smallest absolute Gasteiger partial charge is 0.319 e. The van der Waals surface area contributed by atoms with E-state index in [2.05, 4.69) is 10.6 Å². The van der Waals surface area contributed by atoms with E-state index in [0.717, 1.165) is 0 Å². The van der Waals surface area contributed by atoms with Gasteiger partial charge < -0.3 is 15.7 Å². The van der Waals surface area contributed by atoms with Crippen molar-refractivity contribution in [1.29, 1.82) is 5.26 Å². The topological polar surface area (TPSA) is 85.2 Å². The number of nitriles is 1. The van der Waals surface area contributed by atoms with Gasteiger partial charge in [0.1, 0.15) is 0 Å². The second-order valence-corrected chi connectivity index (χ2v) is 5.41. The molecule has 1 aromatic rings. The van der Waals surface area contributed by atoms with Gasteiger partial charge in [-0.15, -0.1) is 0 Å². The third kappa shape index (κ3) is 2.69. The fourth-order valence-electron chi connectivity index (χ4n) is 2.10. The van der Waals surface area contributed by atoms with E-state index in [1.807, 2.05) is 19.9 Å². The molecule has 0 aromatic heterocycles. The van der Waals surface area contributed by atoms with E-state index in [0.29, 0.717) is 17.7 Å². The molecule has 5 heteroatoms. The van der Waals surface area contributed by atoms with E-state index in [9.17, 15) is 9.90 Å². The molecule has 1 fully saturated rings. The van der Waals surface area contributed by atoms with Gasteiger partial charge in [-0.3, -0.25) is 0 Å². The van der Waals surface area contributed by atoms with Crippen molar-refractivity contribution in [3.63, 3.8) is 0 Å². The first kappa shape index (κ1) is 13.4. The monoisotopic (exact) mass is 259 g/mol. The Hall–Kier alpha value is -2.06. The van der Waals surface area contributed by atoms with Crippen LogP contribution in [0.4, 0.5) is 10.5 Å². The Morgan fingerprint density at radius 1 is 1.42 bits per heavy atom. The van der Waals surface area contributed by atoms with Crippen molar-refractivity contribution in [1.82, 2.24) is 5.32 Å². The van der Waals surface area contributed by atoms with Gasteiger partial charge in [0, 0.05) is 17.1 Å². The molecule has 1 aliphatic carbocycles. The summed E-state index contributed by atoms with van der Waals surface area (Å²) < 4.78 is 0. The highest BCUT2D eigenvalue weighted by atomic mass is 16.3. The minimum absolute atomic E-state index is 0.0270. The number of benzene rings is 1. The zero-order valence-electron chi connectivity index (χ0n) is 11.0. The summed E-state index contributed by atoms with van der Waals surface area (Å²) in [6.45, 7) is 3.85. The normalized spacial score (nSPS) is 23.9. The van der Waals surface area contributed by atoms with Crippen molar-refractivity contribution >= 4 is 11.7 Å². The van der Waals surface area contributed by atoms with E-state index < -0.39 is 0 Å². The molecule has 2 atom stereocenters. The summed E-state index contributed by atoms with van der Waals surface area (Å²) in [5.41, 5.74) is 0.894. The Labute approximate surface area is 112 Å². The van der Waals surface area contributed by atoms with E-state index in [1.165, 1.54) is 0 Å². The zero-order chi connectivity index (χ0) is 14.0. The number of nitrogens with one attached hydrogen (secondary N) is 2. The fraction of sp³-hybridized carbons (Fsp3) is 0.429. The average Bonchev–Trinajstić information content (AvgIpc) is 2.39. The Kier molecular flexibility index (Phi) is 3.45. The van der Waals surface area contributed by atoms with Crippen molar-refractivity contribution in [2.24, 2.45) is 5.41 Å². The van der Waals surface area contributed by atoms with Gasteiger partial charge in [0.2, 0.25) is 0 Å². The van der Waals surface area contributed by atoms with Crippen LogP contribution in [0.3, 0.4) is 0 Å². The average molecular weight is 259 g/mol. The molecule has 1 aliphatic rings. The molecule has 2 amide bonds. The molecule has 1 aromatic carbocycles. The minimum Gasteiger partial charge on any atom is -0.392 e. The molecule has 3 N–H and O–H groups in total. The summed E-state index contributed by atoms with van der Waals surface area (Å²) in [5.74, 6) is 0. The van der Waals surface area contributed by atoms with Gasteiger partial charge in [0.05, 0.1) is 17.7 Å². The summed E-state index contributed by atoms with van der Waals surface area (Å²) in [7, 11) is 0. The molecule has 19 heavy (non-hydrogen) atoms. The van der Waals surface area contributed by atoms with Crippen LogP contribution in [0.1, 0.15) is 25.8 Å². The third-order valence-corrected chi connectivity index (χ3v) is 3.79. The first-order chi connectivity index (χ1) is 8.93. The SMILES string of the molecule is CC1(C)C(O)CC1NC(=O)Nc1ccc(C#N)cc1. The summed E-state index contributed by atoms with van der Waals surface area (Å²) in [6, 6.07) is 8.34. The van der Waals surface area contributed by atoms with E-state index in [4.69, 9.17) is 5.26 Å². The maximum Gasteiger partial charge on any atom is 0.319 e. The standard InChI is InChI=1S/C14H17N3O2/c1-14(2)11(7-12(14)18)17-13(19)16-10-5-3-9(8-15)4-6-10/h3-6,11-12,18H,7H2,1-2H3,(H2,16,17,19). The van der Waals surface area contributed by atoms with Gasteiger partial charge >= 0.3 is 6.03 Å². The second-order valence-electron chi connectivity index (χ2n) is 5.41. The first-order valence-electron chi connectivity index (χ1n) is 6.19. The highest BCUT2D eigenvalue weighted by Crippen LogP contribution is 2.40. The number of urea groups is 1.